The third kappa shape index (κ3) is 3.98. The molecule has 2 aromatic rings. The van der Waals surface area contributed by atoms with Crippen LogP contribution in [0.15, 0.2) is 42.5 Å². The zero-order chi connectivity index (χ0) is 20.4. The van der Waals surface area contributed by atoms with E-state index in [0.717, 1.165) is 72.8 Å². The molecular weight excluding hydrogens is 386 g/mol. The van der Waals surface area contributed by atoms with Crippen LogP contribution in [0.2, 0.25) is 5.02 Å². The molecule has 2 fully saturated rings. The summed E-state index contributed by atoms with van der Waals surface area (Å²) in [5, 5.41) is 12.3. The molecule has 0 radical (unpaired) electrons. The topological polar surface area (TPSA) is 41.9 Å². The number of nitrogens with zero attached hydrogens (tertiary/aromatic N) is 1. The Morgan fingerprint density at radius 1 is 1.10 bits per heavy atom. The SMILES string of the molecule is COc1ccc([C@H]2[C@@H]3CCCC[C@]3(O)CCN2Cc2ccccc2Cl)c(OC)c1. The largest absolute Gasteiger partial charge is 0.497 e. The van der Waals surface area contributed by atoms with Gasteiger partial charge in [-0.25, -0.2) is 0 Å². The third-order valence-corrected chi connectivity index (χ3v) is 7.13. The second-order valence-electron chi connectivity index (χ2n) is 8.32. The van der Waals surface area contributed by atoms with Crippen LogP contribution in [0.25, 0.3) is 0 Å². The molecule has 29 heavy (non-hydrogen) atoms. The van der Waals surface area contributed by atoms with Gasteiger partial charge in [0.2, 0.25) is 0 Å². The van der Waals surface area contributed by atoms with Crippen molar-refractivity contribution in [3.8, 4) is 11.5 Å². The van der Waals surface area contributed by atoms with Crippen LogP contribution >= 0.6 is 11.6 Å². The van der Waals surface area contributed by atoms with E-state index in [9.17, 15) is 5.11 Å². The zero-order valence-corrected chi connectivity index (χ0v) is 18.0. The molecule has 4 rings (SSSR count). The molecule has 0 aromatic heterocycles. The van der Waals surface area contributed by atoms with Crippen molar-refractivity contribution in [3.63, 3.8) is 0 Å². The number of halogens is 1. The lowest BCUT2D eigenvalue weighted by molar-refractivity contribution is -0.126. The fourth-order valence-corrected chi connectivity index (χ4v) is 5.44. The highest BCUT2D eigenvalue weighted by molar-refractivity contribution is 6.31. The second kappa shape index (κ2) is 8.55. The molecule has 5 heteroatoms. The number of methoxy groups -OCH3 is 2. The Bertz CT molecular complexity index is 858. The molecule has 156 valence electrons. The van der Waals surface area contributed by atoms with Crippen molar-refractivity contribution in [3.05, 3.63) is 58.6 Å². The standard InChI is InChI=1S/C24H30ClNO3/c1-28-18-10-11-19(22(15-18)29-2)23-20-8-5-6-12-24(20,27)13-14-26(23)16-17-7-3-4-9-21(17)25/h3-4,7,9-11,15,20,23,27H,5-6,8,12-14,16H2,1-2H3/t20-,23-,24-/m0/s1. The summed E-state index contributed by atoms with van der Waals surface area (Å²) in [7, 11) is 3.37. The summed E-state index contributed by atoms with van der Waals surface area (Å²) in [5.41, 5.74) is 1.63. The van der Waals surface area contributed by atoms with Gasteiger partial charge in [-0.15, -0.1) is 0 Å². The van der Waals surface area contributed by atoms with Crippen molar-refractivity contribution in [2.24, 2.45) is 5.92 Å². The third-order valence-electron chi connectivity index (χ3n) is 6.76. The normalized spacial score (nSPS) is 27.3. The quantitative estimate of drug-likeness (QED) is 0.726. The van der Waals surface area contributed by atoms with Crippen molar-refractivity contribution in [1.29, 1.82) is 0 Å². The van der Waals surface area contributed by atoms with Crippen molar-refractivity contribution < 1.29 is 14.6 Å². The highest BCUT2D eigenvalue weighted by atomic mass is 35.5. The Balaban J connectivity index is 1.76. The first-order chi connectivity index (χ1) is 14.1. The van der Waals surface area contributed by atoms with E-state index in [2.05, 4.69) is 17.0 Å². The van der Waals surface area contributed by atoms with Gasteiger partial charge in [0.05, 0.1) is 19.8 Å². The minimum atomic E-state index is -0.606. The Morgan fingerprint density at radius 3 is 2.69 bits per heavy atom. The zero-order valence-electron chi connectivity index (χ0n) is 17.2. The lowest BCUT2D eigenvalue weighted by atomic mass is 9.66. The van der Waals surface area contributed by atoms with E-state index in [1.165, 1.54) is 0 Å². The van der Waals surface area contributed by atoms with Crippen LogP contribution in [0, 0.1) is 5.92 Å². The molecule has 1 saturated heterocycles. The van der Waals surface area contributed by atoms with Gasteiger partial charge in [-0.1, -0.05) is 48.7 Å². The maximum Gasteiger partial charge on any atom is 0.127 e. The molecule has 1 heterocycles. The number of hydrogen-bond acceptors (Lipinski definition) is 4. The van der Waals surface area contributed by atoms with Crippen LogP contribution in [0.4, 0.5) is 0 Å². The molecular formula is C24H30ClNO3. The van der Waals surface area contributed by atoms with Crippen LogP contribution < -0.4 is 9.47 Å². The molecule has 1 aliphatic heterocycles. The van der Waals surface area contributed by atoms with Gasteiger partial charge >= 0.3 is 0 Å². The van der Waals surface area contributed by atoms with E-state index in [4.69, 9.17) is 21.1 Å². The number of hydrogen-bond donors (Lipinski definition) is 1. The van der Waals surface area contributed by atoms with Gasteiger partial charge in [-0.05, 0) is 37.0 Å². The maximum absolute atomic E-state index is 11.5. The Hall–Kier alpha value is -1.75. The Kier molecular flexibility index (Phi) is 6.05. The van der Waals surface area contributed by atoms with Crippen molar-refractivity contribution in [1.82, 2.24) is 4.90 Å². The lowest BCUT2D eigenvalue weighted by Crippen LogP contribution is -2.54. The molecule has 1 saturated carbocycles. The summed E-state index contributed by atoms with van der Waals surface area (Å²) in [4.78, 5) is 2.47. The second-order valence-corrected chi connectivity index (χ2v) is 8.73. The molecule has 4 nitrogen and oxygen atoms in total. The van der Waals surface area contributed by atoms with E-state index >= 15 is 0 Å². The molecule has 3 atom stereocenters. The molecule has 1 N–H and O–H groups in total. The average molecular weight is 416 g/mol. The van der Waals surface area contributed by atoms with E-state index in [-0.39, 0.29) is 12.0 Å². The molecule has 0 amide bonds. The Morgan fingerprint density at radius 2 is 1.93 bits per heavy atom. The minimum Gasteiger partial charge on any atom is -0.497 e. The van der Waals surface area contributed by atoms with Gasteiger partial charge in [0.25, 0.3) is 0 Å². The van der Waals surface area contributed by atoms with Crippen LogP contribution in [0.3, 0.4) is 0 Å². The monoisotopic (exact) mass is 415 g/mol. The molecule has 0 spiro atoms. The number of aliphatic hydroxyl groups is 1. The van der Waals surface area contributed by atoms with Crippen LogP contribution in [-0.4, -0.2) is 36.4 Å². The highest BCUT2D eigenvalue weighted by Gasteiger charge is 2.49. The first kappa shape index (κ1) is 20.5. The molecule has 0 bridgehead atoms. The summed E-state index contributed by atoms with van der Waals surface area (Å²) in [6, 6.07) is 14.1. The van der Waals surface area contributed by atoms with E-state index in [1.54, 1.807) is 14.2 Å². The number of piperidine rings is 1. The van der Waals surface area contributed by atoms with Crippen molar-refractivity contribution in [2.75, 3.05) is 20.8 Å². The van der Waals surface area contributed by atoms with Gasteiger partial charge in [-0.3, -0.25) is 4.90 Å². The summed E-state index contributed by atoms with van der Waals surface area (Å²) in [6.07, 6.45) is 4.96. The fraction of sp³-hybridized carbons (Fsp3) is 0.500. The summed E-state index contributed by atoms with van der Waals surface area (Å²) < 4.78 is 11.2. The number of fused-ring (bicyclic) bond motifs is 1. The summed E-state index contributed by atoms with van der Waals surface area (Å²) in [5.74, 6) is 1.76. The van der Waals surface area contributed by atoms with Gasteiger partial charge < -0.3 is 14.6 Å². The van der Waals surface area contributed by atoms with Gasteiger partial charge in [0, 0.05) is 41.7 Å². The number of benzene rings is 2. The van der Waals surface area contributed by atoms with E-state index < -0.39 is 5.60 Å². The van der Waals surface area contributed by atoms with Crippen molar-refractivity contribution >= 4 is 11.6 Å². The predicted octanol–water partition coefficient (Wildman–Crippen LogP) is 5.23. The van der Waals surface area contributed by atoms with Gasteiger partial charge in [0.1, 0.15) is 11.5 Å². The maximum atomic E-state index is 11.5. The van der Waals surface area contributed by atoms with Crippen LogP contribution in [0.5, 0.6) is 11.5 Å². The smallest absolute Gasteiger partial charge is 0.127 e. The minimum absolute atomic E-state index is 0.0752. The van der Waals surface area contributed by atoms with Crippen LogP contribution in [0.1, 0.15) is 49.3 Å². The highest BCUT2D eigenvalue weighted by Crippen LogP contribution is 2.51. The first-order valence-corrected chi connectivity index (χ1v) is 10.9. The molecule has 2 aromatic carbocycles. The molecule has 0 unspecified atom stereocenters. The van der Waals surface area contributed by atoms with E-state index in [0.29, 0.717) is 0 Å². The summed E-state index contributed by atoms with van der Waals surface area (Å²) >= 11 is 6.48. The van der Waals surface area contributed by atoms with Gasteiger partial charge in [-0.2, -0.15) is 0 Å². The molecule has 2 aliphatic rings. The first-order valence-electron chi connectivity index (χ1n) is 10.5. The average Bonchev–Trinajstić information content (AvgIpc) is 2.75. The Labute approximate surface area is 178 Å². The number of likely N-dealkylation sites (tertiary alicyclic amines) is 1. The predicted molar refractivity (Wildman–Crippen MR) is 116 cm³/mol. The van der Waals surface area contributed by atoms with Gasteiger partial charge in [0.15, 0.2) is 0 Å². The van der Waals surface area contributed by atoms with E-state index in [1.807, 2.05) is 30.3 Å². The van der Waals surface area contributed by atoms with Crippen LogP contribution in [-0.2, 0) is 6.54 Å². The molecule has 1 aliphatic carbocycles. The number of rotatable bonds is 5. The van der Waals surface area contributed by atoms with Crippen molar-refractivity contribution in [2.45, 2.75) is 50.3 Å². The summed E-state index contributed by atoms with van der Waals surface area (Å²) in [6.45, 7) is 1.59. The lowest BCUT2D eigenvalue weighted by Gasteiger charge is -2.53. The fourth-order valence-electron chi connectivity index (χ4n) is 5.24. The number of ether oxygens (including phenoxy) is 2.